The molecule has 0 bridgehead atoms. The van der Waals surface area contributed by atoms with Crippen molar-refractivity contribution in [3.63, 3.8) is 0 Å². The van der Waals surface area contributed by atoms with E-state index < -0.39 is 0 Å². The first-order chi connectivity index (χ1) is 16.5. The van der Waals surface area contributed by atoms with E-state index in [1.807, 2.05) is 60.4 Å². The molecule has 5 rings (SSSR count). The Morgan fingerprint density at radius 3 is 2.59 bits per heavy atom. The van der Waals surface area contributed by atoms with Crippen molar-refractivity contribution >= 4 is 23.7 Å². The van der Waals surface area contributed by atoms with Gasteiger partial charge >= 0.3 is 6.03 Å². The minimum absolute atomic E-state index is 0.000183. The van der Waals surface area contributed by atoms with Crippen LogP contribution in [0.3, 0.4) is 0 Å². The number of fused-ring (bicyclic) bond motifs is 2. The fraction of sp³-hybridized carbons (Fsp3) is 0.286. The second-order valence-electron chi connectivity index (χ2n) is 9.39. The molecular formula is C28H28N4OS. The first-order valence-electron chi connectivity index (χ1n) is 11.7. The normalized spacial score (nSPS) is 15.9. The molecule has 1 fully saturated rings. The highest BCUT2D eigenvalue weighted by molar-refractivity contribution is 7.97. The molecule has 1 heterocycles. The van der Waals surface area contributed by atoms with E-state index >= 15 is 0 Å². The fourth-order valence-corrected chi connectivity index (χ4v) is 5.75. The number of nitriles is 1. The molecule has 34 heavy (non-hydrogen) atoms. The molecule has 3 aromatic carbocycles. The molecule has 1 saturated carbocycles. The Morgan fingerprint density at radius 2 is 1.88 bits per heavy atom. The number of nitrogens with zero attached hydrogens (tertiary/aromatic N) is 2. The molecule has 3 N–H and O–H groups in total. The maximum absolute atomic E-state index is 13.3. The Hall–Kier alpha value is -3.27. The number of carbonyl (C=O) groups is 1. The zero-order valence-corrected chi connectivity index (χ0v) is 20.1. The van der Waals surface area contributed by atoms with Gasteiger partial charge in [-0.1, -0.05) is 43.2 Å². The van der Waals surface area contributed by atoms with Gasteiger partial charge in [0.25, 0.3) is 0 Å². The fourth-order valence-electron chi connectivity index (χ4n) is 5.46. The lowest BCUT2D eigenvalue weighted by atomic mass is 9.79. The van der Waals surface area contributed by atoms with Crippen LogP contribution in [0.4, 0.5) is 10.5 Å². The molecule has 2 amide bonds. The molecule has 0 atom stereocenters. The quantitative estimate of drug-likeness (QED) is 0.457. The Morgan fingerprint density at radius 1 is 1.12 bits per heavy atom. The van der Waals surface area contributed by atoms with Crippen LogP contribution in [0.15, 0.2) is 65.6 Å². The minimum atomic E-state index is -0.0666. The number of nitrogens with one attached hydrogen (secondary N) is 1. The summed E-state index contributed by atoms with van der Waals surface area (Å²) in [5, 5.41) is 18.4. The van der Waals surface area contributed by atoms with Gasteiger partial charge in [0.2, 0.25) is 0 Å². The summed E-state index contributed by atoms with van der Waals surface area (Å²) in [7, 11) is 0. The minimum Gasteiger partial charge on any atom is -0.334 e. The van der Waals surface area contributed by atoms with E-state index in [-0.39, 0.29) is 11.4 Å². The van der Waals surface area contributed by atoms with Crippen molar-refractivity contribution in [3.05, 3.63) is 82.9 Å². The van der Waals surface area contributed by atoms with Gasteiger partial charge in [0, 0.05) is 29.1 Å². The molecule has 1 aliphatic heterocycles. The maximum Gasteiger partial charge on any atom is 0.322 e. The maximum atomic E-state index is 13.3. The summed E-state index contributed by atoms with van der Waals surface area (Å²) in [6, 6.07) is 22.5. The van der Waals surface area contributed by atoms with Crippen LogP contribution in [0, 0.1) is 18.3 Å². The number of anilines is 1. The molecule has 6 heteroatoms. The number of nitrogens with two attached hydrogens (primary N) is 1. The van der Waals surface area contributed by atoms with Crippen LogP contribution in [0.25, 0.3) is 11.1 Å². The summed E-state index contributed by atoms with van der Waals surface area (Å²) in [4.78, 5) is 16.2. The van der Waals surface area contributed by atoms with E-state index in [2.05, 4.69) is 23.5 Å². The van der Waals surface area contributed by atoms with E-state index in [1.165, 1.54) is 30.4 Å². The van der Waals surface area contributed by atoms with E-state index in [0.29, 0.717) is 18.7 Å². The number of amides is 2. The van der Waals surface area contributed by atoms with E-state index in [9.17, 15) is 10.1 Å². The van der Waals surface area contributed by atoms with Gasteiger partial charge in [0.1, 0.15) is 0 Å². The second-order valence-corrected chi connectivity index (χ2v) is 10.1. The lowest BCUT2D eigenvalue weighted by molar-refractivity contribution is 0.245. The smallest absolute Gasteiger partial charge is 0.322 e. The Balaban J connectivity index is 1.44. The van der Waals surface area contributed by atoms with Crippen LogP contribution in [-0.2, 0) is 12.0 Å². The Bertz CT molecular complexity index is 1270. The third-order valence-corrected chi connectivity index (χ3v) is 7.78. The van der Waals surface area contributed by atoms with Gasteiger partial charge in [-0.3, -0.25) is 10.0 Å². The average molecular weight is 469 g/mol. The summed E-state index contributed by atoms with van der Waals surface area (Å²) in [5.74, 6) is 0. The van der Waals surface area contributed by atoms with E-state index in [1.54, 1.807) is 0 Å². The van der Waals surface area contributed by atoms with Gasteiger partial charge in [-0.2, -0.15) is 5.26 Å². The van der Waals surface area contributed by atoms with Gasteiger partial charge in [-0.25, -0.2) is 4.79 Å². The van der Waals surface area contributed by atoms with Crippen molar-refractivity contribution in [2.24, 2.45) is 5.14 Å². The number of urea groups is 1. The highest BCUT2D eigenvalue weighted by atomic mass is 32.2. The van der Waals surface area contributed by atoms with Crippen molar-refractivity contribution in [2.45, 2.75) is 49.5 Å². The van der Waals surface area contributed by atoms with Crippen molar-refractivity contribution in [1.29, 1.82) is 5.26 Å². The van der Waals surface area contributed by atoms with Crippen molar-refractivity contribution in [3.8, 4) is 17.2 Å². The first kappa shape index (κ1) is 22.5. The van der Waals surface area contributed by atoms with Crippen LogP contribution in [-0.4, -0.2) is 12.6 Å². The third-order valence-electron chi connectivity index (χ3n) is 7.23. The summed E-state index contributed by atoms with van der Waals surface area (Å²) in [6.45, 7) is 3.18. The summed E-state index contributed by atoms with van der Waals surface area (Å²) >= 11 is 1.21. The highest BCUT2D eigenvalue weighted by Crippen LogP contribution is 2.51. The molecule has 3 aromatic rings. The molecule has 1 aliphatic carbocycles. The molecule has 0 aromatic heterocycles. The molecule has 0 saturated heterocycles. The predicted octanol–water partition coefficient (Wildman–Crippen LogP) is 6.04. The number of carbonyl (C=O) groups excluding carboxylic acids is 1. The SMILES string of the molecule is Cc1ccc(-c2ccc3c(c2)C2(CCCC2)CN3C(=O)NCc2ccc(SN)cc2)c(C#N)c1. The van der Waals surface area contributed by atoms with Gasteiger partial charge < -0.3 is 5.32 Å². The number of aryl methyl sites for hydroxylation is 1. The number of rotatable bonds is 4. The average Bonchev–Trinajstić information content (AvgIpc) is 3.48. The summed E-state index contributed by atoms with van der Waals surface area (Å²) in [5.41, 5.74) is 7.03. The zero-order valence-electron chi connectivity index (χ0n) is 19.3. The van der Waals surface area contributed by atoms with Crippen LogP contribution >= 0.6 is 11.9 Å². The van der Waals surface area contributed by atoms with Crippen molar-refractivity contribution in [1.82, 2.24) is 5.32 Å². The topological polar surface area (TPSA) is 82.2 Å². The van der Waals surface area contributed by atoms with Gasteiger partial charge in [-0.15, -0.1) is 0 Å². The highest BCUT2D eigenvalue weighted by Gasteiger charge is 2.46. The molecule has 0 radical (unpaired) electrons. The predicted molar refractivity (Wildman–Crippen MR) is 138 cm³/mol. The lowest BCUT2D eigenvalue weighted by Crippen LogP contribution is -2.41. The Kier molecular flexibility index (Phi) is 6.07. The van der Waals surface area contributed by atoms with Crippen LogP contribution < -0.4 is 15.4 Å². The monoisotopic (exact) mass is 468 g/mol. The lowest BCUT2D eigenvalue weighted by Gasteiger charge is -2.25. The number of hydrogen-bond donors (Lipinski definition) is 2. The molecule has 5 nitrogen and oxygen atoms in total. The summed E-state index contributed by atoms with van der Waals surface area (Å²) in [6.07, 6.45) is 4.53. The summed E-state index contributed by atoms with van der Waals surface area (Å²) < 4.78 is 0. The standard InChI is InChI=1S/C28H28N4OS/c1-19-4-10-24(22(14-19)16-29)21-7-11-26-25(15-21)28(12-2-3-13-28)18-32(26)27(33)31-17-20-5-8-23(34-30)9-6-20/h4-11,14-15H,2-3,12-13,17-18,30H2,1H3,(H,31,33). The first-order valence-corrected chi connectivity index (χ1v) is 12.6. The molecule has 0 unspecified atom stereocenters. The van der Waals surface area contributed by atoms with Crippen molar-refractivity contribution in [2.75, 3.05) is 11.4 Å². The van der Waals surface area contributed by atoms with Gasteiger partial charge in [0.15, 0.2) is 0 Å². The molecule has 2 aliphatic rings. The van der Waals surface area contributed by atoms with Crippen LogP contribution in [0.2, 0.25) is 0 Å². The van der Waals surface area contributed by atoms with Crippen LogP contribution in [0.1, 0.15) is 47.9 Å². The third kappa shape index (κ3) is 4.06. The largest absolute Gasteiger partial charge is 0.334 e. The van der Waals surface area contributed by atoms with Crippen LogP contribution in [0.5, 0.6) is 0 Å². The Labute approximate surface area is 205 Å². The second kappa shape index (κ2) is 9.17. The van der Waals surface area contributed by atoms with Gasteiger partial charge in [-0.05, 0) is 89.9 Å². The van der Waals surface area contributed by atoms with E-state index in [4.69, 9.17) is 5.14 Å². The van der Waals surface area contributed by atoms with Crippen molar-refractivity contribution < 1.29 is 4.79 Å². The molecule has 172 valence electrons. The number of benzene rings is 3. The van der Waals surface area contributed by atoms with E-state index in [0.717, 1.165) is 45.7 Å². The molecule has 1 spiro atoms. The zero-order chi connectivity index (χ0) is 23.7. The molecular weight excluding hydrogens is 440 g/mol. The van der Waals surface area contributed by atoms with Gasteiger partial charge in [0.05, 0.1) is 11.6 Å². The number of hydrogen-bond acceptors (Lipinski definition) is 4.